The van der Waals surface area contributed by atoms with E-state index in [4.69, 9.17) is 9.84 Å². The summed E-state index contributed by atoms with van der Waals surface area (Å²) in [6, 6.07) is 11.5. The third-order valence-corrected chi connectivity index (χ3v) is 5.49. The number of carbonyl (C=O) groups is 2. The van der Waals surface area contributed by atoms with Crippen LogP contribution in [0.15, 0.2) is 54.6 Å². The van der Waals surface area contributed by atoms with Crippen LogP contribution in [0.4, 0.5) is 28.0 Å². The van der Waals surface area contributed by atoms with Gasteiger partial charge < -0.3 is 14.7 Å². The van der Waals surface area contributed by atoms with Crippen LogP contribution in [0, 0.1) is 5.82 Å². The summed E-state index contributed by atoms with van der Waals surface area (Å²) >= 11 is 0.970. The van der Waals surface area contributed by atoms with Gasteiger partial charge in [-0.15, -0.1) is 0 Å². The third-order valence-electron chi connectivity index (χ3n) is 4.44. The molecule has 168 valence electrons. The molecule has 2 aromatic carbocycles. The second-order valence-corrected chi connectivity index (χ2v) is 7.99. The number of hydrogen-bond donors (Lipinski definition) is 1. The first-order chi connectivity index (χ1) is 15.0. The number of carboxylic acid groups (broad SMARTS) is 1. The van der Waals surface area contributed by atoms with Gasteiger partial charge >= 0.3 is 12.3 Å². The maximum Gasteiger partial charge on any atom is 0.512 e. The molecule has 0 atom stereocenters. The Morgan fingerprint density at radius 3 is 2.25 bits per heavy atom. The first-order valence-electron chi connectivity index (χ1n) is 9.29. The number of thiophene rings is 1. The van der Waals surface area contributed by atoms with Gasteiger partial charge in [-0.1, -0.05) is 41.7 Å². The quantitative estimate of drug-likeness (QED) is 0.336. The highest BCUT2D eigenvalue weighted by molar-refractivity contribution is 7.18. The maximum atomic E-state index is 14.5. The van der Waals surface area contributed by atoms with E-state index < -0.39 is 41.2 Å². The number of anilines is 1. The van der Waals surface area contributed by atoms with Gasteiger partial charge in [-0.3, -0.25) is 4.79 Å². The number of amides is 1. The zero-order valence-electron chi connectivity index (χ0n) is 16.8. The summed E-state index contributed by atoms with van der Waals surface area (Å²) in [5, 5.41) is 8.99. The van der Waals surface area contributed by atoms with Gasteiger partial charge in [-0.2, -0.15) is 13.2 Å². The molecule has 0 aliphatic heterocycles. The van der Waals surface area contributed by atoms with Crippen molar-refractivity contribution in [2.75, 3.05) is 4.90 Å². The largest absolute Gasteiger partial charge is 0.512 e. The van der Waals surface area contributed by atoms with E-state index in [0.29, 0.717) is 10.9 Å². The molecule has 1 aromatic heterocycles. The monoisotopic (exact) mass is 467 g/mol. The maximum absolute atomic E-state index is 14.5. The summed E-state index contributed by atoms with van der Waals surface area (Å²) in [4.78, 5) is 26.0. The minimum absolute atomic E-state index is 0.0653. The molecule has 3 rings (SSSR count). The number of benzene rings is 2. The average molecular weight is 467 g/mol. The molecule has 10 heteroatoms. The van der Waals surface area contributed by atoms with Crippen LogP contribution < -0.4 is 9.64 Å². The lowest BCUT2D eigenvalue weighted by atomic mass is 10.1. The molecule has 0 fully saturated rings. The van der Waals surface area contributed by atoms with Crippen LogP contribution in [-0.4, -0.2) is 23.2 Å². The van der Waals surface area contributed by atoms with E-state index in [1.807, 2.05) is 0 Å². The Hall–Kier alpha value is -3.40. The van der Waals surface area contributed by atoms with Crippen LogP contribution in [0.25, 0.3) is 10.4 Å². The van der Waals surface area contributed by atoms with Crippen LogP contribution in [0.3, 0.4) is 0 Å². The molecule has 0 radical (unpaired) electrons. The van der Waals surface area contributed by atoms with Crippen LogP contribution in [0.2, 0.25) is 0 Å². The number of nitrogens with zero attached hydrogens (tertiary/aromatic N) is 1. The smallest absolute Gasteiger partial charge is 0.449 e. The summed E-state index contributed by atoms with van der Waals surface area (Å²) in [6.45, 7) is 3.20. The van der Waals surface area contributed by atoms with E-state index in [0.717, 1.165) is 27.9 Å². The van der Waals surface area contributed by atoms with Gasteiger partial charge in [0.2, 0.25) is 5.06 Å². The summed E-state index contributed by atoms with van der Waals surface area (Å²) < 4.78 is 57.9. The minimum atomic E-state index is -4.76. The second-order valence-electron chi connectivity index (χ2n) is 6.98. The first kappa shape index (κ1) is 23.3. The van der Waals surface area contributed by atoms with E-state index in [9.17, 15) is 27.2 Å². The van der Waals surface area contributed by atoms with Crippen LogP contribution in [0.1, 0.15) is 29.8 Å². The zero-order valence-corrected chi connectivity index (χ0v) is 17.6. The summed E-state index contributed by atoms with van der Waals surface area (Å²) in [7, 11) is 0. The highest BCUT2D eigenvalue weighted by Gasteiger charge is 2.33. The van der Waals surface area contributed by atoms with Crippen molar-refractivity contribution in [3.05, 3.63) is 71.5 Å². The standard InChI is InChI=1S/C22H17F4NO4S/c1-12(2)27(19(28)15-9-8-14(10-16(15)23)22(24,25)26)17-11-18(13-6-4-3-5-7-13)32-20(17)31-21(29)30/h3-12H,1-2H3,(H,29,30). The highest BCUT2D eigenvalue weighted by atomic mass is 32.1. The van der Waals surface area contributed by atoms with Crippen molar-refractivity contribution < 1.29 is 37.0 Å². The fourth-order valence-corrected chi connectivity index (χ4v) is 4.05. The van der Waals surface area contributed by atoms with Crippen LogP contribution >= 0.6 is 11.3 Å². The molecule has 0 unspecified atom stereocenters. The molecule has 5 nitrogen and oxygen atoms in total. The van der Waals surface area contributed by atoms with Gasteiger partial charge in [0.25, 0.3) is 5.91 Å². The highest BCUT2D eigenvalue weighted by Crippen LogP contribution is 2.44. The number of hydrogen-bond acceptors (Lipinski definition) is 4. The molecule has 0 aliphatic carbocycles. The van der Waals surface area contributed by atoms with E-state index in [2.05, 4.69) is 0 Å². The van der Waals surface area contributed by atoms with E-state index in [1.54, 1.807) is 44.2 Å². The van der Waals surface area contributed by atoms with Gasteiger partial charge in [0.1, 0.15) is 5.82 Å². The predicted octanol–water partition coefficient (Wildman–Crippen LogP) is 6.69. The molecule has 0 saturated heterocycles. The molecular weight excluding hydrogens is 450 g/mol. The Bertz CT molecular complexity index is 1140. The number of ether oxygens (including phenoxy) is 1. The zero-order chi connectivity index (χ0) is 23.6. The summed E-state index contributed by atoms with van der Waals surface area (Å²) in [5.74, 6) is -2.27. The summed E-state index contributed by atoms with van der Waals surface area (Å²) in [6.07, 6.45) is -6.37. The Morgan fingerprint density at radius 2 is 1.72 bits per heavy atom. The molecule has 3 aromatic rings. The molecule has 1 amide bonds. The van der Waals surface area contributed by atoms with Crippen molar-refractivity contribution in [2.45, 2.75) is 26.1 Å². The van der Waals surface area contributed by atoms with Crippen molar-refractivity contribution in [3.8, 4) is 15.5 Å². The number of rotatable bonds is 5. The molecule has 0 saturated carbocycles. The topological polar surface area (TPSA) is 66.8 Å². The normalized spacial score (nSPS) is 11.5. The Labute approximate surface area is 184 Å². The Morgan fingerprint density at radius 1 is 1.06 bits per heavy atom. The van der Waals surface area contributed by atoms with Crippen LogP contribution in [0.5, 0.6) is 5.06 Å². The second kappa shape index (κ2) is 8.99. The molecule has 32 heavy (non-hydrogen) atoms. The van der Waals surface area contributed by atoms with Gasteiger partial charge in [-0.25, -0.2) is 9.18 Å². The van der Waals surface area contributed by atoms with Crippen molar-refractivity contribution in [1.29, 1.82) is 0 Å². The number of carbonyl (C=O) groups excluding carboxylic acids is 1. The molecule has 0 bridgehead atoms. The van der Waals surface area contributed by atoms with Gasteiger partial charge in [0.15, 0.2) is 0 Å². The first-order valence-corrected chi connectivity index (χ1v) is 10.1. The van der Waals surface area contributed by atoms with Gasteiger partial charge in [0.05, 0.1) is 16.8 Å². The third kappa shape index (κ3) is 4.91. The molecule has 1 heterocycles. The predicted molar refractivity (Wildman–Crippen MR) is 112 cm³/mol. The van der Waals surface area contributed by atoms with Crippen molar-refractivity contribution in [2.24, 2.45) is 0 Å². The van der Waals surface area contributed by atoms with E-state index in [1.165, 1.54) is 6.07 Å². The number of halogens is 4. The van der Waals surface area contributed by atoms with Crippen LogP contribution in [-0.2, 0) is 6.18 Å². The molecule has 0 spiro atoms. The Balaban J connectivity index is 2.09. The van der Waals surface area contributed by atoms with E-state index in [-0.39, 0.29) is 16.8 Å². The fourth-order valence-electron chi connectivity index (χ4n) is 3.05. The van der Waals surface area contributed by atoms with Crippen molar-refractivity contribution >= 4 is 29.1 Å². The minimum Gasteiger partial charge on any atom is -0.449 e. The Kier molecular flexibility index (Phi) is 6.54. The van der Waals surface area contributed by atoms with Gasteiger partial charge in [0, 0.05) is 10.9 Å². The fraction of sp³-hybridized carbons (Fsp3) is 0.182. The van der Waals surface area contributed by atoms with Gasteiger partial charge in [-0.05, 0) is 43.7 Å². The summed E-state index contributed by atoms with van der Waals surface area (Å²) in [5.41, 5.74) is -1.01. The van der Waals surface area contributed by atoms with Crippen molar-refractivity contribution in [1.82, 2.24) is 0 Å². The van der Waals surface area contributed by atoms with Crippen molar-refractivity contribution in [3.63, 3.8) is 0 Å². The molecule has 1 N–H and O–H groups in total. The lowest BCUT2D eigenvalue weighted by molar-refractivity contribution is -0.137. The average Bonchev–Trinajstić information content (AvgIpc) is 3.10. The lowest BCUT2D eigenvalue weighted by Crippen LogP contribution is -2.37. The SMILES string of the molecule is CC(C)N(C(=O)c1ccc(C(F)(F)F)cc1F)c1cc(-c2ccccc2)sc1OC(=O)O. The molecule has 0 aliphatic rings. The molecular formula is C22H17F4NO4S. The number of alkyl halides is 3. The van der Waals surface area contributed by atoms with E-state index >= 15 is 0 Å². The lowest BCUT2D eigenvalue weighted by Gasteiger charge is -2.27.